The van der Waals surface area contributed by atoms with Crippen molar-refractivity contribution in [1.82, 2.24) is 4.90 Å². The SMILES string of the molecule is Cc1ccc(C2CC(=O)C=CN2Cc2ccccc2I)cc1. The zero-order chi connectivity index (χ0) is 15.5. The first-order valence-corrected chi connectivity index (χ1v) is 8.48. The van der Waals surface area contributed by atoms with E-state index in [0.717, 1.165) is 6.54 Å². The van der Waals surface area contributed by atoms with E-state index in [9.17, 15) is 4.79 Å². The molecule has 112 valence electrons. The molecule has 0 spiro atoms. The Bertz CT molecular complexity index is 706. The molecule has 0 bridgehead atoms. The molecule has 0 radical (unpaired) electrons. The van der Waals surface area contributed by atoms with Crippen molar-refractivity contribution in [3.8, 4) is 0 Å². The van der Waals surface area contributed by atoms with E-state index >= 15 is 0 Å². The van der Waals surface area contributed by atoms with Gasteiger partial charge in [-0.2, -0.15) is 0 Å². The van der Waals surface area contributed by atoms with Gasteiger partial charge >= 0.3 is 0 Å². The van der Waals surface area contributed by atoms with Crippen molar-refractivity contribution in [2.75, 3.05) is 0 Å². The second-order valence-electron chi connectivity index (χ2n) is 5.68. The predicted octanol–water partition coefficient (Wildman–Crippen LogP) is 4.63. The van der Waals surface area contributed by atoms with Gasteiger partial charge in [0, 0.05) is 22.7 Å². The minimum Gasteiger partial charge on any atom is -0.366 e. The molecule has 2 aromatic rings. The second-order valence-corrected chi connectivity index (χ2v) is 6.84. The first kappa shape index (κ1) is 15.3. The molecule has 1 aliphatic rings. The summed E-state index contributed by atoms with van der Waals surface area (Å²) < 4.78 is 1.26. The average Bonchev–Trinajstić information content (AvgIpc) is 2.52. The Morgan fingerprint density at radius 3 is 2.59 bits per heavy atom. The van der Waals surface area contributed by atoms with Crippen molar-refractivity contribution in [3.63, 3.8) is 0 Å². The van der Waals surface area contributed by atoms with Crippen LogP contribution < -0.4 is 0 Å². The molecule has 2 aromatic carbocycles. The summed E-state index contributed by atoms with van der Waals surface area (Å²) in [7, 11) is 0. The summed E-state index contributed by atoms with van der Waals surface area (Å²) in [4.78, 5) is 14.1. The van der Waals surface area contributed by atoms with Gasteiger partial charge in [-0.25, -0.2) is 0 Å². The highest BCUT2D eigenvalue weighted by atomic mass is 127. The van der Waals surface area contributed by atoms with Gasteiger partial charge in [0.25, 0.3) is 0 Å². The number of aryl methyl sites for hydroxylation is 1. The van der Waals surface area contributed by atoms with E-state index < -0.39 is 0 Å². The molecule has 1 atom stereocenters. The van der Waals surface area contributed by atoms with Crippen molar-refractivity contribution >= 4 is 28.4 Å². The molecule has 0 aliphatic carbocycles. The first-order valence-electron chi connectivity index (χ1n) is 7.40. The Balaban J connectivity index is 1.89. The van der Waals surface area contributed by atoms with Crippen LogP contribution in [0.15, 0.2) is 60.8 Å². The fraction of sp³-hybridized carbons (Fsp3) is 0.211. The number of hydrogen-bond acceptors (Lipinski definition) is 2. The maximum Gasteiger partial charge on any atom is 0.159 e. The molecule has 0 saturated heterocycles. The van der Waals surface area contributed by atoms with E-state index in [1.54, 1.807) is 6.08 Å². The average molecular weight is 403 g/mol. The van der Waals surface area contributed by atoms with Gasteiger partial charge < -0.3 is 4.90 Å². The molecule has 0 amide bonds. The van der Waals surface area contributed by atoms with Crippen LogP contribution in [0.3, 0.4) is 0 Å². The summed E-state index contributed by atoms with van der Waals surface area (Å²) in [6.07, 6.45) is 4.18. The van der Waals surface area contributed by atoms with Gasteiger partial charge in [0.1, 0.15) is 0 Å². The van der Waals surface area contributed by atoms with Crippen LogP contribution in [0.1, 0.15) is 29.2 Å². The van der Waals surface area contributed by atoms with E-state index in [4.69, 9.17) is 0 Å². The summed E-state index contributed by atoms with van der Waals surface area (Å²) in [6, 6.07) is 17.0. The third-order valence-corrected chi connectivity index (χ3v) is 5.07. The van der Waals surface area contributed by atoms with Crippen molar-refractivity contribution in [1.29, 1.82) is 0 Å². The van der Waals surface area contributed by atoms with Crippen LogP contribution in [0, 0.1) is 10.5 Å². The maximum absolute atomic E-state index is 11.9. The molecule has 1 unspecified atom stereocenters. The minimum atomic E-state index is 0.120. The lowest BCUT2D eigenvalue weighted by Crippen LogP contribution is -2.29. The van der Waals surface area contributed by atoms with Gasteiger partial charge in [-0.05, 0) is 52.8 Å². The van der Waals surface area contributed by atoms with Gasteiger partial charge in [-0.3, -0.25) is 4.79 Å². The Morgan fingerprint density at radius 2 is 1.86 bits per heavy atom. The lowest BCUT2D eigenvalue weighted by atomic mass is 9.96. The number of halogens is 1. The lowest BCUT2D eigenvalue weighted by molar-refractivity contribution is -0.116. The lowest BCUT2D eigenvalue weighted by Gasteiger charge is -2.33. The highest BCUT2D eigenvalue weighted by Gasteiger charge is 2.24. The van der Waals surface area contributed by atoms with Crippen molar-refractivity contribution < 1.29 is 4.79 Å². The van der Waals surface area contributed by atoms with Crippen molar-refractivity contribution in [3.05, 3.63) is 81.1 Å². The van der Waals surface area contributed by atoms with Gasteiger partial charge in [-0.15, -0.1) is 0 Å². The van der Waals surface area contributed by atoms with E-state index in [1.165, 1.54) is 20.3 Å². The predicted molar refractivity (Wildman–Crippen MR) is 97.4 cm³/mol. The third-order valence-electron chi connectivity index (χ3n) is 4.02. The normalized spacial score (nSPS) is 17.8. The number of nitrogens with zero attached hydrogens (tertiary/aromatic N) is 1. The summed E-state index contributed by atoms with van der Waals surface area (Å²) >= 11 is 2.37. The number of ketones is 1. The number of rotatable bonds is 3. The summed E-state index contributed by atoms with van der Waals surface area (Å²) in [5, 5.41) is 0. The van der Waals surface area contributed by atoms with Crippen LogP contribution in [-0.2, 0) is 11.3 Å². The zero-order valence-electron chi connectivity index (χ0n) is 12.5. The molecule has 0 saturated carbocycles. The van der Waals surface area contributed by atoms with Gasteiger partial charge in [0.15, 0.2) is 5.78 Å². The van der Waals surface area contributed by atoms with E-state index in [0.29, 0.717) is 6.42 Å². The van der Waals surface area contributed by atoms with E-state index in [2.05, 4.69) is 82.9 Å². The number of allylic oxidation sites excluding steroid dienone is 1. The molecule has 22 heavy (non-hydrogen) atoms. The number of carbonyl (C=O) groups excluding carboxylic acids is 1. The molecular weight excluding hydrogens is 385 g/mol. The maximum atomic E-state index is 11.9. The fourth-order valence-corrected chi connectivity index (χ4v) is 3.30. The first-order chi connectivity index (χ1) is 10.6. The number of hydrogen-bond donors (Lipinski definition) is 0. The quantitative estimate of drug-likeness (QED) is 0.697. The number of benzene rings is 2. The van der Waals surface area contributed by atoms with E-state index in [1.807, 2.05) is 6.20 Å². The van der Waals surface area contributed by atoms with Crippen LogP contribution >= 0.6 is 22.6 Å². The van der Waals surface area contributed by atoms with Crippen molar-refractivity contribution in [2.24, 2.45) is 0 Å². The van der Waals surface area contributed by atoms with Gasteiger partial charge in [-0.1, -0.05) is 48.0 Å². The Labute approximate surface area is 145 Å². The molecular formula is C19H18INO. The summed E-state index contributed by atoms with van der Waals surface area (Å²) in [5.74, 6) is 0.199. The highest BCUT2D eigenvalue weighted by molar-refractivity contribution is 14.1. The molecule has 1 heterocycles. The topological polar surface area (TPSA) is 20.3 Å². The highest BCUT2D eigenvalue weighted by Crippen LogP contribution is 2.30. The van der Waals surface area contributed by atoms with Gasteiger partial charge in [0.2, 0.25) is 0 Å². The summed E-state index contributed by atoms with van der Waals surface area (Å²) in [5.41, 5.74) is 3.74. The molecule has 3 rings (SSSR count). The van der Waals surface area contributed by atoms with Crippen LogP contribution in [0.5, 0.6) is 0 Å². The van der Waals surface area contributed by atoms with Crippen LogP contribution in [0.2, 0.25) is 0 Å². The molecule has 2 nitrogen and oxygen atoms in total. The number of carbonyl (C=O) groups is 1. The largest absolute Gasteiger partial charge is 0.366 e. The molecule has 3 heteroatoms. The van der Waals surface area contributed by atoms with Crippen molar-refractivity contribution in [2.45, 2.75) is 25.9 Å². The smallest absolute Gasteiger partial charge is 0.159 e. The summed E-state index contributed by atoms with van der Waals surface area (Å²) in [6.45, 7) is 2.90. The Morgan fingerprint density at radius 1 is 1.14 bits per heavy atom. The fourth-order valence-electron chi connectivity index (χ4n) is 2.74. The standard InChI is InChI=1S/C19H18INO/c1-14-6-8-15(9-7-14)19-12-17(22)10-11-21(19)13-16-4-2-3-5-18(16)20/h2-11,19H,12-13H2,1H3. The molecule has 0 N–H and O–H groups in total. The van der Waals surface area contributed by atoms with Crippen LogP contribution in [-0.4, -0.2) is 10.7 Å². The van der Waals surface area contributed by atoms with Crippen LogP contribution in [0.25, 0.3) is 0 Å². The minimum absolute atomic E-state index is 0.120. The second kappa shape index (κ2) is 6.65. The van der Waals surface area contributed by atoms with Gasteiger partial charge in [0.05, 0.1) is 6.04 Å². The molecule has 0 aromatic heterocycles. The van der Waals surface area contributed by atoms with Crippen LogP contribution in [0.4, 0.5) is 0 Å². The monoisotopic (exact) mass is 403 g/mol. The third kappa shape index (κ3) is 3.40. The Hall–Kier alpha value is -1.62. The molecule has 0 fully saturated rings. The van der Waals surface area contributed by atoms with E-state index in [-0.39, 0.29) is 11.8 Å². The Kier molecular flexibility index (Phi) is 4.62. The molecule has 1 aliphatic heterocycles. The zero-order valence-corrected chi connectivity index (χ0v) is 14.7.